The second-order valence-electron chi connectivity index (χ2n) is 6.93. The highest BCUT2D eigenvalue weighted by atomic mass is 35.5. The largest absolute Gasteiger partial charge is 0.375 e. The third-order valence-corrected chi connectivity index (χ3v) is 5.48. The van der Waals surface area contributed by atoms with Crippen LogP contribution in [0.1, 0.15) is 27.9 Å². The Morgan fingerprint density at radius 3 is 2.41 bits per heavy atom. The number of fused-ring (bicyclic) bond motifs is 1. The van der Waals surface area contributed by atoms with Crippen LogP contribution in [-0.2, 0) is 16.9 Å². The molecule has 146 valence electrons. The number of Topliss-reactive ketones (excluding diaryl/α,β-unsaturated/α-hetero) is 1. The number of carbonyl (C=O) groups excluding carboxylic acids is 2. The summed E-state index contributed by atoms with van der Waals surface area (Å²) in [7, 11) is 0. The number of hydrogen-bond acceptors (Lipinski definition) is 3. The Labute approximate surface area is 172 Å². The van der Waals surface area contributed by atoms with Crippen molar-refractivity contribution in [1.29, 1.82) is 0 Å². The molecule has 3 aromatic carbocycles. The molecule has 0 bridgehead atoms. The van der Waals surface area contributed by atoms with Crippen LogP contribution in [0, 0.1) is 5.82 Å². The Bertz CT molecular complexity index is 1080. The van der Waals surface area contributed by atoms with E-state index >= 15 is 0 Å². The number of nitrogens with zero attached hydrogens (tertiary/aromatic N) is 1. The smallest absolute Gasteiger partial charge is 0.264 e. The Morgan fingerprint density at radius 1 is 1.00 bits per heavy atom. The highest BCUT2D eigenvalue weighted by molar-refractivity contribution is 6.31. The summed E-state index contributed by atoms with van der Waals surface area (Å²) < 4.78 is 14.3. The van der Waals surface area contributed by atoms with Gasteiger partial charge in [0.05, 0.1) is 18.7 Å². The van der Waals surface area contributed by atoms with Crippen molar-refractivity contribution < 1.29 is 19.1 Å². The maximum Gasteiger partial charge on any atom is 0.264 e. The molecular weight excluding hydrogens is 393 g/mol. The molecule has 1 aliphatic heterocycles. The van der Waals surface area contributed by atoms with E-state index in [2.05, 4.69) is 0 Å². The van der Waals surface area contributed by atoms with Gasteiger partial charge < -0.3 is 10.0 Å². The van der Waals surface area contributed by atoms with Crippen molar-refractivity contribution in [2.45, 2.75) is 18.6 Å². The number of benzene rings is 3. The number of ketones is 1. The highest BCUT2D eigenvalue weighted by Crippen LogP contribution is 2.44. The molecule has 1 N–H and O–H groups in total. The third-order valence-electron chi connectivity index (χ3n) is 5.13. The summed E-state index contributed by atoms with van der Waals surface area (Å²) in [5.74, 6) is -1.58. The van der Waals surface area contributed by atoms with E-state index in [1.54, 1.807) is 54.6 Å². The fourth-order valence-corrected chi connectivity index (χ4v) is 3.86. The van der Waals surface area contributed by atoms with Crippen LogP contribution < -0.4 is 4.90 Å². The number of hydrogen-bond donors (Lipinski definition) is 1. The van der Waals surface area contributed by atoms with Gasteiger partial charge in [0.25, 0.3) is 5.91 Å². The monoisotopic (exact) mass is 409 g/mol. The van der Waals surface area contributed by atoms with Gasteiger partial charge in [-0.25, -0.2) is 4.39 Å². The summed E-state index contributed by atoms with van der Waals surface area (Å²) in [4.78, 5) is 27.2. The zero-order valence-electron chi connectivity index (χ0n) is 15.3. The third kappa shape index (κ3) is 3.33. The average molecular weight is 410 g/mol. The normalized spacial score (nSPS) is 18.0. The summed E-state index contributed by atoms with van der Waals surface area (Å²) >= 11 is 6.12. The minimum atomic E-state index is -2.03. The quantitative estimate of drug-likeness (QED) is 0.632. The summed E-state index contributed by atoms with van der Waals surface area (Å²) in [5, 5.41) is 11.5. The predicted molar refractivity (Wildman–Crippen MR) is 108 cm³/mol. The van der Waals surface area contributed by atoms with Gasteiger partial charge in [0, 0.05) is 21.7 Å². The molecule has 0 radical (unpaired) electrons. The van der Waals surface area contributed by atoms with Crippen molar-refractivity contribution in [1.82, 2.24) is 0 Å². The van der Waals surface area contributed by atoms with Gasteiger partial charge in [0.1, 0.15) is 5.82 Å². The van der Waals surface area contributed by atoms with E-state index in [0.29, 0.717) is 16.8 Å². The van der Waals surface area contributed by atoms with Crippen LogP contribution in [0.2, 0.25) is 5.02 Å². The number of anilines is 1. The topological polar surface area (TPSA) is 57.6 Å². The number of para-hydroxylation sites is 1. The standard InChI is InChI=1S/C23H17ClFNO3/c24-18-10-6-11-19(25)16(18)14-26-20-12-5-4-9-17(20)23(29,22(26)28)13-21(27)15-7-2-1-3-8-15/h1-12,29H,13-14H2/t23-/m1/s1. The van der Waals surface area contributed by atoms with Gasteiger partial charge in [-0.15, -0.1) is 0 Å². The van der Waals surface area contributed by atoms with E-state index < -0.39 is 23.7 Å². The zero-order valence-corrected chi connectivity index (χ0v) is 16.1. The van der Waals surface area contributed by atoms with Crippen molar-refractivity contribution in [3.8, 4) is 0 Å². The number of rotatable bonds is 5. The number of aliphatic hydroxyl groups is 1. The van der Waals surface area contributed by atoms with Crippen LogP contribution in [0.5, 0.6) is 0 Å². The van der Waals surface area contributed by atoms with Crippen molar-refractivity contribution in [2.75, 3.05) is 4.90 Å². The lowest BCUT2D eigenvalue weighted by Gasteiger charge is -2.23. The molecule has 0 spiro atoms. The SMILES string of the molecule is O=C(C[C@]1(O)C(=O)N(Cc2c(F)cccc2Cl)c2ccccc21)c1ccccc1. The van der Waals surface area contributed by atoms with Crippen molar-refractivity contribution in [3.63, 3.8) is 0 Å². The summed E-state index contributed by atoms with van der Waals surface area (Å²) in [5.41, 5.74) is -0.721. The fourth-order valence-electron chi connectivity index (χ4n) is 3.63. The molecule has 4 nitrogen and oxygen atoms in total. The molecule has 0 saturated carbocycles. The van der Waals surface area contributed by atoms with E-state index in [4.69, 9.17) is 11.6 Å². The lowest BCUT2D eigenvalue weighted by atomic mass is 9.88. The highest BCUT2D eigenvalue weighted by Gasteiger charge is 2.51. The van der Waals surface area contributed by atoms with Crippen LogP contribution >= 0.6 is 11.6 Å². The van der Waals surface area contributed by atoms with Gasteiger partial charge in [0.2, 0.25) is 0 Å². The summed E-state index contributed by atoms with van der Waals surface area (Å²) in [6.45, 7) is -0.150. The molecule has 1 atom stereocenters. The molecule has 29 heavy (non-hydrogen) atoms. The van der Waals surface area contributed by atoms with Crippen LogP contribution in [-0.4, -0.2) is 16.8 Å². The van der Waals surface area contributed by atoms with Gasteiger partial charge >= 0.3 is 0 Å². The molecule has 1 amide bonds. The van der Waals surface area contributed by atoms with Crippen molar-refractivity contribution in [2.24, 2.45) is 0 Å². The van der Waals surface area contributed by atoms with Crippen molar-refractivity contribution in [3.05, 3.63) is 100 Å². The van der Waals surface area contributed by atoms with E-state index in [9.17, 15) is 19.1 Å². The maximum absolute atomic E-state index is 14.3. The zero-order chi connectivity index (χ0) is 20.6. The van der Waals surface area contributed by atoms with Crippen LogP contribution in [0.25, 0.3) is 0 Å². The minimum absolute atomic E-state index is 0.149. The average Bonchev–Trinajstić information content (AvgIpc) is 2.93. The summed E-state index contributed by atoms with van der Waals surface area (Å²) in [6, 6.07) is 19.4. The van der Waals surface area contributed by atoms with E-state index in [-0.39, 0.29) is 22.9 Å². The van der Waals surface area contributed by atoms with E-state index in [1.165, 1.54) is 23.1 Å². The van der Waals surface area contributed by atoms with Crippen LogP contribution in [0.15, 0.2) is 72.8 Å². The predicted octanol–water partition coefficient (Wildman–Crippen LogP) is 4.49. The molecule has 0 fully saturated rings. The first-order valence-electron chi connectivity index (χ1n) is 9.07. The van der Waals surface area contributed by atoms with E-state index in [0.717, 1.165) is 0 Å². The minimum Gasteiger partial charge on any atom is -0.375 e. The second kappa shape index (κ2) is 7.43. The second-order valence-corrected chi connectivity index (χ2v) is 7.34. The maximum atomic E-state index is 14.3. The lowest BCUT2D eigenvalue weighted by molar-refractivity contribution is -0.136. The van der Waals surface area contributed by atoms with Gasteiger partial charge in [0.15, 0.2) is 11.4 Å². The van der Waals surface area contributed by atoms with Gasteiger partial charge in [-0.1, -0.05) is 66.2 Å². The molecular formula is C23H17ClFNO3. The first-order chi connectivity index (χ1) is 13.9. The Morgan fingerprint density at radius 2 is 1.69 bits per heavy atom. The number of halogens is 2. The molecule has 0 aromatic heterocycles. The van der Waals surface area contributed by atoms with Gasteiger partial charge in [-0.05, 0) is 18.2 Å². The molecule has 0 saturated heterocycles. The van der Waals surface area contributed by atoms with Crippen molar-refractivity contribution >= 4 is 29.0 Å². The molecule has 4 rings (SSSR count). The molecule has 6 heteroatoms. The van der Waals surface area contributed by atoms with Crippen LogP contribution in [0.3, 0.4) is 0 Å². The number of carbonyl (C=O) groups is 2. The number of amides is 1. The Balaban J connectivity index is 1.72. The first-order valence-corrected chi connectivity index (χ1v) is 9.44. The molecule has 0 aliphatic carbocycles. The molecule has 1 heterocycles. The Kier molecular flexibility index (Phi) is 4.94. The first kappa shape index (κ1) is 19.3. The summed E-state index contributed by atoms with van der Waals surface area (Å²) in [6.07, 6.45) is -0.408. The lowest BCUT2D eigenvalue weighted by Crippen LogP contribution is -2.41. The van der Waals surface area contributed by atoms with Gasteiger partial charge in [-0.3, -0.25) is 9.59 Å². The van der Waals surface area contributed by atoms with E-state index in [1.807, 2.05) is 0 Å². The molecule has 0 unspecified atom stereocenters. The molecule has 1 aliphatic rings. The van der Waals surface area contributed by atoms with Crippen LogP contribution in [0.4, 0.5) is 10.1 Å². The fraction of sp³-hybridized carbons (Fsp3) is 0.130. The molecule has 3 aromatic rings. The Hall–Kier alpha value is -3.02. The van der Waals surface area contributed by atoms with Gasteiger partial charge in [-0.2, -0.15) is 0 Å².